The lowest BCUT2D eigenvalue weighted by molar-refractivity contribution is -0.196. The fourth-order valence-electron chi connectivity index (χ4n) is 2.96. The summed E-state index contributed by atoms with van der Waals surface area (Å²) in [6.07, 6.45) is 3.37. The molecule has 19 heavy (non-hydrogen) atoms. The van der Waals surface area contributed by atoms with E-state index in [2.05, 4.69) is 13.8 Å². The Balaban J connectivity index is 1.87. The molecule has 2 aliphatic rings. The molecule has 1 unspecified atom stereocenters. The minimum absolute atomic E-state index is 0.0151. The number of hydrogen-bond acceptors (Lipinski definition) is 4. The number of nitrogens with zero attached hydrogens (tertiary/aromatic N) is 1. The standard InChI is InChI=1S/C14H26N2O3/c1-3-11(4-2)13(17)16-7-5-14(6-8-16)18-10-12(9-15)19-14/h11-12H,3-10,15H2,1-2H3. The molecule has 0 radical (unpaired) electrons. The predicted octanol–water partition coefficient (Wildman–Crippen LogP) is 1.12. The van der Waals surface area contributed by atoms with Crippen molar-refractivity contribution < 1.29 is 14.3 Å². The molecular formula is C14H26N2O3. The largest absolute Gasteiger partial charge is 0.347 e. The van der Waals surface area contributed by atoms with Gasteiger partial charge in [-0.05, 0) is 12.8 Å². The lowest BCUT2D eigenvalue weighted by atomic mass is 9.98. The molecule has 1 atom stereocenters. The number of amides is 1. The van der Waals surface area contributed by atoms with Crippen molar-refractivity contribution in [2.75, 3.05) is 26.2 Å². The maximum atomic E-state index is 12.3. The van der Waals surface area contributed by atoms with E-state index in [0.29, 0.717) is 13.2 Å². The minimum Gasteiger partial charge on any atom is -0.347 e. The number of nitrogens with two attached hydrogens (primary N) is 1. The molecule has 1 spiro atoms. The SMILES string of the molecule is CCC(CC)C(=O)N1CCC2(CC1)OCC(CN)O2. The average molecular weight is 270 g/mol. The summed E-state index contributed by atoms with van der Waals surface area (Å²) in [5.74, 6) is -0.0288. The van der Waals surface area contributed by atoms with Gasteiger partial charge in [-0.1, -0.05) is 13.8 Å². The van der Waals surface area contributed by atoms with Crippen LogP contribution in [0.25, 0.3) is 0 Å². The number of hydrogen-bond donors (Lipinski definition) is 1. The Morgan fingerprint density at radius 1 is 1.37 bits per heavy atom. The van der Waals surface area contributed by atoms with Crippen LogP contribution >= 0.6 is 0 Å². The van der Waals surface area contributed by atoms with Gasteiger partial charge in [-0.2, -0.15) is 0 Å². The van der Waals surface area contributed by atoms with Crippen molar-refractivity contribution in [2.45, 2.75) is 51.4 Å². The molecule has 5 heteroatoms. The lowest BCUT2D eigenvalue weighted by Gasteiger charge is -2.39. The number of piperidine rings is 1. The maximum absolute atomic E-state index is 12.3. The Morgan fingerprint density at radius 2 is 2.00 bits per heavy atom. The van der Waals surface area contributed by atoms with Gasteiger partial charge in [0, 0.05) is 38.4 Å². The fraction of sp³-hybridized carbons (Fsp3) is 0.929. The van der Waals surface area contributed by atoms with E-state index in [0.717, 1.165) is 38.8 Å². The van der Waals surface area contributed by atoms with Crippen LogP contribution in [0.1, 0.15) is 39.5 Å². The maximum Gasteiger partial charge on any atom is 0.225 e. The molecule has 2 rings (SSSR count). The minimum atomic E-state index is -0.477. The lowest BCUT2D eigenvalue weighted by Crippen LogP contribution is -2.49. The molecular weight excluding hydrogens is 244 g/mol. The number of ether oxygens (including phenoxy) is 2. The summed E-state index contributed by atoms with van der Waals surface area (Å²) in [4.78, 5) is 14.3. The van der Waals surface area contributed by atoms with Gasteiger partial charge in [0.25, 0.3) is 0 Å². The topological polar surface area (TPSA) is 64.8 Å². The predicted molar refractivity (Wildman–Crippen MR) is 72.5 cm³/mol. The number of likely N-dealkylation sites (tertiary alicyclic amines) is 1. The summed E-state index contributed by atoms with van der Waals surface area (Å²) in [6, 6.07) is 0. The highest BCUT2D eigenvalue weighted by Gasteiger charge is 2.44. The van der Waals surface area contributed by atoms with Crippen molar-refractivity contribution in [3.63, 3.8) is 0 Å². The van der Waals surface area contributed by atoms with E-state index >= 15 is 0 Å². The van der Waals surface area contributed by atoms with Crippen molar-refractivity contribution in [2.24, 2.45) is 11.7 Å². The molecule has 0 aromatic rings. The van der Waals surface area contributed by atoms with Crippen molar-refractivity contribution >= 4 is 5.91 Å². The molecule has 0 aliphatic carbocycles. The first-order valence-corrected chi connectivity index (χ1v) is 7.44. The number of rotatable bonds is 4. The second-order valence-corrected chi connectivity index (χ2v) is 5.54. The van der Waals surface area contributed by atoms with E-state index in [1.54, 1.807) is 0 Å². The number of carbonyl (C=O) groups is 1. The van der Waals surface area contributed by atoms with Crippen LogP contribution in [0.5, 0.6) is 0 Å². The summed E-state index contributed by atoms with van der Waals surface area (Å²) >= 11 is 0. The van der Waals surface area contributed by atoms with Gasteiger partial charge in [0.1, 0.15) is 0 Å². The Hall–Kier alpha value is -0.650. The highest BCUT2D eigenvalue weighted by Crippen LogP contribution is 2.34. The van der Waals surface area contributed by atoms with Gasteiger partial charge in [-0.3, -0.25) is 4.79 Å². The van der Waals surface area contributed by atoms with Gasteiger partial charge < -0.3 is 20.1 Å². The quantitative estimate of drug-likeness (QED) is 0.831. The van der Waals surface area contributed by atoms with Gasteiger partial charge in [-0.15, -0.1) is 0 Å². The summed E-state index contributed by atoms with van der Waals surface area (Å²) in [7, 11) is 0. The monoisotopic (exact) mass is 270 g/mol. The van der Waals surface area contributed by atoms with Crippen LogP contribution in [0.3, 0.4) is 0 Å². The van der Waals surface area contributed by atoms with Crippen LogP contribution in [0.2, 0.25) is 0 Å². The van der Waals surface area contributed by atoms with Gasteiger partial charge in [0.15, 0.2) is 5.79 Å². The Labute approximate surface area is 115 Å². The van der Waals surface area contributed by atoms with Crippen molar-refractivity contribution in [3.8, 4) is 0 Å². The zero-order valence-electron chi connectivity index (χ0n) is 12.1. The first-order chi connectivity index (χ1) is 9.14. The first-order valence-electron chi connectivity index (χ1n) is 7.44. The van der Waals surface area contributed by atoms with E-state index in [1.165, 1.54) is 0 Å². The molecule has 2 heterocycles. The molecule has 2 N–H and O–H groups in total. The normalized spacial score (nSPS) is 26.3. The smallest absolute Gasteiger partial charge is 0.225 e. The zero-order chi connectivity index (χ0) is 13.9. The third-order valence-electron chi connectivity index (χ3n) is 4.35. The van der Waals surface area contributed by atoms with Crippen LogP contribution in [0, 0.1) is 5.92 Å². The summed E-state index contributed by atoms with van der Waals surface area (Å²) < 4.78 is 11.7. The molecule has 2 aliphatic heterocycles. The molecule has 0 saturated carbocycles. The molecule has 0 aromatic heterocycles. The Morgan fingerprint density at radius 3 is 2.47 bits per heavy atom. The molecule has 110 valence electrons. The van der Waals surface area contributed by atoms with Crippen LogP contribution in [-0.2, 0) is 14.3 Å². The average Bonchev–Trinajstić information content (AvgIpc) is 2.84. The second kappa shape index (κ2) is 6.20. The van der Waals surface area contributed by atoms with Gasteiger partial charge in [-0.25, -0.2) is 0 Å². The summed E-state index contributed by atoms with van der Waals surface area (Å²) in [5.41, 5.74) is 5.61. The van der Waals surface area contributed by atoms with E-state index in [9.17, 15) is 4.79 Å². The van der Waals surface area contributed by atoms with E-state index in [-0.39, 0.29) is 17.9 Å². The van der Waals surface area contributed by atoms with E-state index in [4.69, 9.17) is 15.2 Å². The third kappa shape index (κ3) is 3.09. The first kappa shape index (κ1) is 14.8. The number of carbonyl (C=O) groups excluding carboxylic acids is 1. The molecule has 5 nitrogen and oxygen atoms in total. The van der Waals surface area contributed by atoms with Gasteiger partial charge in [0.05, 0.1) is 12.7 Å². The molecule has 2 saturated heterocycles. The van der Waals surface area contributed by atoms with E-state index in [1.807, 2.05) is 4.90 Å². The molecule has 1 amide bonds. The third-order valence-corrected chi connectivity index (χ3v) is 4.35. The fourth-order valence-corrected chi connectivity index (χ4v) is 2.96. The van der Waals surface area contributed by atoms with Crippen LogP contribution in [0.15, 0.2) is 0 Å². The Kier molecular flexibility index (Phi) is 4.81. The highest BCUT2D eigenvalue weighted by molar-refractivity contribution is 5.78. The van der Waals surface area contributed by atoms with Crippen molar-refractivity contribution in [3.05, 3.63) is 0 Å². The van der Waals surface area contributed by atoms with Crippen LogP contribution in [-0.4, -0.2) is 48.9 Å². The zero-order valence-corrected chi connectivity index (χ0v) is 12.1. The second-order valence-electron chi connectivity index (χ2n) is 5.54. The van der Waals surface area contributed by atoms with Crippen molar-refractivity contribution in [1.82, 2.24) is 4.90 Å². The Bertz CT molecular complexity index is 310. The summed E-state index contributed by atoms with van der Waals surface area (Å²) in [6.45, 7) is 6.69. The van der Waals surface area contributed by atoms with Gasteiger partial charge in [0.2, 0.25) is 5.91 Å². The molecule has 0 aromatic carbocycles. The highest BCUT2D eigenvalue weighted by atomic mass is 16.7. The molecule has 2 fully saturated rings. The molecule has 0 bridgehead atoms. The van der Waals surface area contributed by atoms with Crippen LogP contribution in [0.4, 0.5) is 0 Å². The van der Waals surface area contributed by atoms with Crippen LogP contribution < -0.4 is 5.73 Å². The van der Waals surface area contributed by atoms with Crippen molar-refractivity contribution in [1.29, 1.82) is 0 Å². The van der Waals surface area contributed by atoms with Gasteiger partial charge >= 0.3 is 0 Å². The summed E-state index contributed by atoms with van der Waals surface area (Å²) in [5, 5.41) is 0. The van der Waals surface area contributed by atoms with E-state index < -0.39 is 5.79 Å².